The van der Waals surface area contributed by atoms with Crippen LogP contribution in [0.4, 0.5) is 0 Å². The second-order valence-corrected chi connectivity index (χ2v) is 37.6. The molecule has 0 aliphatic carbocycles. The van der Waals surface area contributed by atoms with Crippen molar-refractivity contribution in [2.75, 3.05) is 0 Å². The van der Waals surface area contributed by atoms with Crippen LogP contribution in [0.15, 0.2) is 146 Å². The SMILES string of the molecule is C[Si]1([c-]2ccc3ccccc32)CCC1.C[Si]1([c-]2ccc3ccccc32)CCC1.C[Si]1([c-]2ccc3ccccc32)CCC1.C[Si]1([c-]2ccc3ccccc32)CCC1.[Cl-].[Cl-].[Zr+2].[Zr+2]. The minimum Gasteiger partial charge on any atom is -1.00 e. The van der Waals surface area contributed by atoms with Crippen LogP contribution >= 0.6 is 0 Å². The molecule has 0 spiro atoms. The molecule has 60 heavy (non-hydrogen) atoms. The molecule has 0 nitrogen and oxygen atoms in total. The maximum absolute atomic E-state index is 2.54. The Balaban J connectivity index is 0.000000148. The molecule has 308 valence electrons. The normalized spacial score (nSPS) is 18.2. The Morgan fingerprint density at radius 1 is 0.300 bits per heavy atom. The van der Waals surface area contributed by atoms with Crippen LogP contribution in [-0.4, -0.2) is 32.3 Å². The van der Waals surface area contributed by atoms with Crippen molar-refractivity contribution < 1.29 is 77.2 Å². The smallest absolute Gasteiger partial charge is 1.00 e. The van der Waals surface area contributed by atoms with Crippen molar-refractivity contribution in [1.29, 1.82) is 0 Å². The van der Waals surface area contributed by atoms with E-state index in [4.69, 9.17) is 0 Å². The Morgan fingerprint density at radius 3 is 0.650 bits per heavy atom. The first-order valence-corrected chi connectivity index (χ1v) is 33.4. The summed E-state index contributed by atoms with van der Waals surface area (Å²) in [7, 11) is -3.94. The third kappa shape index (κ3) is 9.63. The van der Waals surface area contributed by atoms with Gasteiger partial charge in [-0.1, -0.05) is 124 Å². The molecule has 8 heteroatoms. The standard InChI is InChI=1S/4C13H15Si.2ClH.2Zr/c4*1-14(9-4-10-14)13-8-7-11-5-2-3-6-12(11)13;;;;/h4*2-3,5-8H,4,9-10H2,1H3;2*1H;;/q4*-1;;;2*+2/p-2. The average molecular weight is 1050 g/mol. The van der Waals surface area contributed by atoms with Crippen molar-refractivity contribution in [2.24, 2.45) is 0 Å². The molecule has 8 aromatic carbocycles. The zero-order valence-electron chi connectivity index (χ0n) is 36.1. The monoisotopic (exact) mass is 1050 g/mol. The number of benzene rings is 4. The Morgan fingerprint density at radius 2 is 0.483 bits per heavy atom. The van der Waals surface area contributed by atoms with E-state index in [0.717, 1.165) is 0 Å². The first-order chi connectivity index (χ1) is 27.2. The summed E-state index contributed by atoms with van der Waals surface area (Å²) in [5.41, 5.74) is 0. The molecular weight excluding hydrogens is 990 g/mol. The van der Waals surface area contributed by atoms with Crippen LogP contribution < -0.4 is 45.6 Å². The maximum Gasteiger partial charge on any atom is 2.00 e. The summed E-state index contributed by atoms with van der Waals surface area (Å²) in [5.74, 6) is 0. The predicted octanol–water partition coefficient (Wildman–Crippen LogP) is 7.00. The molecule has 4 fully saturated rings. The minimum absolute atomic E-state index is 0. The van der Waals surface area contributed by atoms with Crippen molar-refractivity contribution in [2.45, 2.75) is 100 Å². The number of halogens is 2. The zero-order valence-corrected chi connectivity index (χ0v) is 46.5. The van der Waals surface area contributed by atoms with E-state index in [0.29, 0.717) is 0 Å². The van der Waals surface area contributed by atoms with E-state index >= 15 is 0 Å². The number of hydrogen-bond donors (Lipinski definition) is 0. The summed E-state index contributed by atoms with van der Waals surface area (Å²) in [6.07, 6.45) is 5.84. The summed E-state index contributed by atoms with van der Waals surface area (Å²) in [5, 5.41) is 18.7. The van der Waals surface area contributed by atoms with Gasteiger partial charge in [0, 0.05) is 32.3 Å². The van der Waals surface area contributed by atoms with E-state index < -0.39 is 32.3 Å². The quantitative estimate of drug-likeness (QED) is 0.132. The molecule has 4 aliphatic heterocycles. The van der Waals surface area contributed by atoms with Crippen LogP contribution in [0.5, 0.6) is 0 Å². The van der Waals surface area contributed by atoms with Gasteiger partial charge >= 0.3 is 52.4 Å². The van der Waals surface area contributed by atoms with E-state index in [2.05, 4.69) is 172 Å². The van der Waals surface area contributed by atoms with Gasteiger partial charge in [-0.15, -0.1) is 137 Å². The minimum atomic E-state index is -0.985. The van der Waals surface area contributed by atoms with Crippen molar-refractivity contribution in [3.8, 4) is 0 Å². The molecule has 8 aromatic rings. The van der Waals surface area contributed by atoms with Gasteiger partial charge < -0.3 is 24.8 Å². The van der Waals surface area contributed by atoms with E-state index in [1.54, 1.807) is 20.7 Å². The summed E-state index contributed by atoms with van der Waals surface area (Å²) in [4.78, 5) is 0. The predicted molar refractivity (Wildman–Crippen MR) is 260 cm³/mol. The van der Waals surface area contributed by atoms with Crippen molar-refractivity contribution in [1.82, 2.24) is 0 Å². The van der Waals surface area contributed by atoms with Gasteiger partial charge in [0.15, 0.2) is 0 Å². The summed E-state index contributed by atoms with van der Waals surface area (Å²) < 4.78 is 0. The zero-order chi connectivity index (χ0) is 38.4. The average Bonchev–Trinajstić information content (AvgIpc) is 4.00. The Hall–Kier alpha value is -1.47. The topological polar surface area (TPSA) is 0 Å². The van der Waals surface area contributed by atoms with Crippen LogP contribution in [0.3, 0.4) is 0 Å². The van der Waals surface area contributed by atoms with Crippen molar-refractivity contribution in [3.63, 3.8) is 0 Å². The third-order valence-electron chi connectivity index (χ3n) is 15.2. The molecule has 0 atom stereocenters. The molecule has 0 amide bonds. The fraction of sp³-hybridized carbons (Fsp3) is 0.308. The van der Waals surface area contributed by atoms with Crippen LogP contribution in [0.25, 0.3) is 43.1 Å². The van der Waals surface area contributed by atoms with Crippen LogP contribution in [0.2, 0.25) is 74.5 Å². The van der Waals surface area contributed by atoms with Gasteiger partial charge in [0.2, 0.25) is 0 Å². The fourth-order valence-electron chi connectivity index (χ4n) is 10.6. The largest absolute Gasteiger partial charge is 2.00 e. The van der Waals surface area contributed by atoms with Crippen molar-refractivity contribution >= 4 is 96.1 Å². The van der Waals surface area contributed by atoms with Gasteiger partial charge in [0.25, 0.3) is 0 Å². The molecule has 0 unspecified atom stereocenters. The molecule has 0 saturated carbocycles. The second-order valence-electron chi connectivity index (χ2n) is 19.0. The summed E-state index contributed by atoms with van der Waals surface area (Å²) in [6.45, 7) is 10.2. The number of fused-ring (bicyclic) bond motifs is 4. The van der Waals surface area contributed by atoms with E-state index in [9.17, 15) is 0 Å². The van der Waals surface area contributed by atoms with E-state index in [1.807, 2.05) is 0 Å². The second kappa shape index (κ2) is 20.6. The van der Waals surface area contributed by atoms with Crippen molar-refractivity contribution in [3.05, 3.63) is 146 Å². The van der Waals surface area contributed by atoms with Crippen LogP contribution in [0.1, 0.15) is 25.7 Å². The summed E-state index contributed by atoms with van der Waals surface area (Å²) in [6, 6.07) is 66.0. The van der Waals surface area contributed by atoms with E-state index in [1.165, 1.54) is 117 Å². The van der Waals surface area contributed by atoms with Crippen LogP contribution in [-0.2, 0) is 52.4 Å². The molecule has 4 aliphatic rings. The molecule has 4 saturated heterocycles. The van der Waals surface area contributed by atoms with Gasteiger partial charge in [-0.3, -0.25) is 0 Å². The van der Waals surface area contributed by atoms with Gasteiger partial charge in [-0.2, -0.15) is 48.5 Å². The molecule has 12 rings (SSSR count). The maximum atomic E-state index is 2.54. The molecule has 0 bridgehead atoms. The number of rotatable bonds is 4. The Labute approximate surface area is 414 Å². The number of hydrogen-bond acceptors (Lipinski definition) is 0. The van der Waals surface area contributed by atoms with Gasteiger partial charge in [-0.25, -0.2) is 0 Å². The molecule has 0 aromatic heterocycles. The first kappa shape index (κ1) is 49.5. The Bertz CT molecular complexity index is 2240. The third-order valence-corrected chi connectivity index (χ3v) is 33.8. The first-order valence-electron chi connectivity index (χ1n) is 21.8. The fourth-order valence-corrected chi connectivity index (χ4v) is 23.9. The molecule has 4 heterocycles. The Kier molecular flexibility index (Phi) is 17.0. The summed E-state index contributed by atoms with van der Waals surface area (Å²) >= 11 is 0. The van der Waals surface area contributed by atoms with Gasteiger partial charge in [0.05, 0.1) is 0 Å². The molecule has 0 radical (unpaired) electrons. The molecular formula is C52H60Cl2Si4Zr2-2. The van der Waals surface area contributed by atoms with Gasteiger partial charge in [0.1, 0.15) is 0 Å². The van der Waals surface area contributed by atoms with Crippen LogP contribution in [0, 0.1) is 0 Å². The van der Waals surface area contributed by atoms with E-state index in [-0.39, 0.29) is 77.2 Å². The van der Waals surface area contributed by atoms with Gasteiger partial charge in [-0.05, 0) is 0 Å². The molecule has 0 N–H and O–H groups in total.